The molecule has 2 aromatic rings. The molecule has 0 saturated carbocycles. The van der Waals surface area contributed by atoms with Crippen molar-refractivity contribution in [2.45, 2.75) is 0 Å². The van der Waals surface area contributed by atoms with Crippen LogP contribution < -0.4 is 11.1 Å². The zero-order chi connectivity index (χ0) is 12.3. The smallest absolute Gasteiger partial charge is 0.276 e. The SMILES string of the molecule is Nc1ccc(C(=O)Nc2ccccc2Cl)nn1. The van der Waals surface area contributed by atoms with E-state index >= 15 is 0 Å². The van der Waals surface area contributed by atoms with Gasteiger partial charge in [0.2, 0.25) is 0 Å². The molecule has 0 aliphatic carbocycles. The molecule has 86 valence electrons. The minimum Gasteiger partial charge on any atom is -0.382 e. The van der Waals surface area contributed by atoms with Crippen LogP contribution in [0.15, 0.2) is 36.4 Å². The quantitative estimate of drug-likeness (QED) is 0.851. The van der Waals surface area contributed by atoms with Gasteiger partial charge in [0.05, 0.1) is 10.7 Å². The summed E-state index contributed by atoms with van der Waals surface area (Å²) in [7, 11) is 0. The Labute approximate surface area is 103 Å². The Morgan fingerprint density at radius 1 is 1.18 bits per heavy atom. The molecule has 1 aromatic carbocycles. The Hall–Kier alpha value is -2.14. The van der Waals surface area contributed by atoms with E-state index in [4.69, 9.17) is 17.3 Å². The first kappa shape index (κ1) is 11.3. The van der Waals surface area contributed by atoms with Crippen LogP contribution in [-0.4, -0.2) is 16.1 Å². The van der Waals surface area contributed by atoms with Crippen LogP contribution in [0.25, 0.3) is 0 Å². The molecule has 0 saturated heterocycles. The van der Waals surface area contributed by atoms with Crippen LogP contribution in [0.5, 0.6) is 0 Å². The van der Waals surface area contributed by atoms with Gasteiger partial charge >= 0.3 is 0 Å². The van der Waals surface area contributed by atoms with E-state index in [-0.39, 0.29) is 17.4 Å². The van der Waals surface area contributed by atoms with Gasteiger partial charge in [-0.05, 0) is 24.3 Å². The highest BCUT2D eigenvalue weighted by molar-refractivity contribution is 6.33. The summed E-state index contributed by atoms with van der Waals surface area (Å²) in [6.45, 7) is 0. The number of nitrogens with one attached hydrogen (secondary N) is 1. The number of carbonyl (C=O) groups is 1. The topological polar surface area (TPSA) is 80.9 Å². The number of benzene rings is 1. The summed E-state index contributed by atoms with van der Waals surface area (Å²) in [6, 6.07) is 9.94. The van der Waals surface area contributed by atoms with E-state index in [2.05, 4.69) is 15.5 Å². The van der Waals surface area contributed by atoms with E-state index in [1.54, 1.807) is 24.3 Å². The number of hydrogen-bond donors (Lipinski definition) is 2. The third-order valence-electron chi connectivity index (χ3n) is 2.04. The van der Waals surface area contributed by atoms with Crippen molar-refractivity contribution in [1.82, 2.24) is 10.2 Å². The molecular weight excluding hydrogens is 240 g/mol. The Bertz CT molecular complexity index is 541. The lowest BCUT2D eigenvalue weighted by atomic mass is 10.3. The molecular formula is C11H9ClN4O. The van der Waals surface area contributed by atoms with Gasteiger partial charge in [-0.15, -0.1) is 10.2 Å². The predicted octanol–water partition coefficient (Wildman–Crippen LogP) is 1.96. The van der Waals surface area contributed by atoms with Crippen molar-refractivity contribution < 1.29 is 4.79 Å². The Kier molecular flexibility index (Phi) is 3.20. The van der Waals surface area contributed by atoms with E-state index in [0.29, 0.717) is 10.7 Å². The average Bonchev–Trinajstić information content (AvgIpc) is 2.33. The maximum Gasteiger partial charge on any atom is 0.276 e. The number of para-hydroxylation sites is 1. The molecule has 0 spiro atoms. The van der Waals surface area contributed by atoms with Crippen LogP contribution >= 0.6 is 11.6 Å². The summed E-state index contributed by atoms with van der Waals surface area (Å²) in [5, 5.41) is 10.4. The van der Waals surface area contributed by atoms with Gasteiger partial charge in [-0.3, -0.25) is 4.79 Å². The molecule has 3 N–H and O–H groups in total. The van der Waals surface area contributed by atoms with Gasteiger partial charge in [0, 0.05) is 0 Å². The number of nitrogens with two attached hydrogens (primary N) is 1. The van der Waals surface area contributed by atoms with E-state index in [1.807, 2.05) is 0 Å². The molecule has 1 aromatic heterocycles. The van der Waals surface area contributed by atoms with Crippen LogP contribution in [0.2, 0.25) is 5.02 Å². The summed E-state index contributed by atoms with van der Waals surface area (Å²) in [5.74, 6) is -0.120. The van der Waals surface area contributed by atoms with E-state index in [1.165, 1.54) is 12.1 Å². The zero-order valence-electron chi connectivity index (χ0n) is 8.72. The normalized spacial score (nSPS) is 9.94. The number of amides is 1. The Morgan fingerprint density at radius 2 is 1.94 bits per heavy atom. The van der Waals surface area contributed by atoms with E-state index < -0.39 is 0 Å². The van der Waals surface area contributed by atoms with Crippen LogP contribution in [0, 0.1) is 0 Å². The van der Waals surface area contributed by atoms with Gasteiger partial charge in [-0.1, -0.05) is 23.7 Å². The highest BCUT2D eigenvalue weighted by atomic mass is 35.5. The second-order valence-electron chi connectivity index (χ2n) is 3.28. The van der Waals surface area contributed by atoms with Crippen molar-refractivity contribution in [1.29, 1.82) is 0 Å². The van der Waals surface area contributed by atoms with Gasteiger partial charge in [-0.2, -0.15) is 0 Å². The van der Waals surface area contributed by atoms with Crippen molar-refractivity contribution in [3.63, 3.8) is 0 Å². The number of hydrogen-bond acceptors (Lipinski definition) is 4. The zero-order valence-corrected chi connectivity index (χ0v) is 9.48. The lowest BCUT2D eigenvalue weighted by Gasteiger charge is -2.05. The third kappa shape index (κ3) is 2.70. The lowest BCUT2D eigenvalue weighted by Crippen LogP contribution is -2.14. The second kappa shape index (κ2) is 4.80. The third-order valence-corrected chi connectivity index (χ3v) is 2.37. The van der Waals surface area contributed by atoms with Gasteiger partial charge in [0.1, 0.15) is 5.82 Å². The number of aromatic nitrogens is 2. The predicted molar refractivity (Wildman–Crippen MR) is 65.8 cm³/mol. The molecule has 0 bridgehead atoms. The van der Waals surface area contributed by atoms with Crippen molar-refractivity contribution in [3.05, 3.63) is 47.1 Å². The molecule has 0 fully saturated rings. The summed E-state index contributed by atoms with van der Waals surface area (Å²) in [4.78, 5) is 11.8. The maximum atomic E-state index is 11.8. The summed E-state index contributed by atoms with van der Waals surface area (Å²) >= 11 is 5.91. The van der Waals surface area contributed by atoms with Crippen LogP contribution in [0.4, 0.5) is 11.5 Å². The van der Waals surface area contributed by atoms with Gasteiger partial charge in [0.15, 0.2) is 5.69 Å². The molecule has 5 nitrogen and oxygen atoms in total. The van der Waals surface area contributed by atoms with Crippen molar-refractivity contribution in [3.8, 4) is 0 Å². The molecule has 1 amide bonds. The number of rotatable bonds is 2. The fraction of sp³-hybridized carbons (Fsp3) is 0. The molecule has 0 radical (unpaired) electrons. The number of nitrogens with zero attached hydrogens (tertiary/aromatic N) is 2. The van der Waals surface area contributed by atoms with Crippen molar-refractivity contribution in [2.75, 3.05) is 11.1 Å². The molecule has 0 atom stereocenters. The summed E-state index contributed by atoms with van der Waals surface area (Å²) in [5.41, 5.74) is 6.08. The molecule has 0 aliphatic heterocycles. The van der Waals surface area contributed by atoms with E-state index in [0.717, 1.165) is 0 Å². The molecule has 0 unspecified atom stereocenters. The first-order valence-corrected chi connectivity index (χ1v) is 5.19. The highest BCUT2D eigenvalue weighted by Crippen LogP contribution is 2.20. The minimum absolute atomic E-state index is 0.180. The number of anilines is 2. The summed E-state index contributed by atoms with van der Waals surface area (Å²) < 4.78 is 0. The fourth-order valence-corrected chi connectivity index (χ4v) is 1.40. The van der Waals surface area contributed by atoms with Gasteiger partial charge in [0.25, 0.3) is 5.91 Å². The molecule has 6 heteroatoms. The second-order valence-corrected chi connectivity index (χ2v) is 3.68. The number of carbonyl (C=O) groups excluding carboxylic acids is 1. The standard InChI is InChI=1S/C11H9ClN4O/c12-7-3-1-2-4-8(7)14-11(17)9-5-6-10(13)16-15-9/h1-6H,(H2,13,16)(H,14,17). The first-order chi connectivity index (χ1) is 8.16. The molecule has 1 heterocycles. The van der Waals surface area contributed by atoms with Gasteiger partial charge < -0.3 is 11.1 Å². The fourth-order valence-electron chi connectivity index (χ4n) is 1.21. The Balaban J connectivity index is 2.17. The monoisotopic (exact) mass is 248 g/mol. The molecule has 2 rings (SSSR count). The number of nitrogen functional groups attached to an aromatic ring is 1. The maximum absolute atomic E-state index is 11.8. The van der Waals surface area contributed by atoms with Crippen molar-refractivity contribution >= 4 is 29.0 Å². The van der Waals surface area contributed by atoms with Crippen molar-refractivity contribution in [2.24, 2.45) is 0 Å². The Morgan fingerprint density at radius 3 is 2.59 bits per heavy atom. The number of halogens is 1. The van der Waals surface area contributed by atoms with Gasteiger partial charge in [-0.25, -0.2) is 0 Å². The first-order valence-electron chi connectivity index (χ1n) is 4.82. The van der Waals surface area contributed by atoms with E-state index in [9.17, 15) is 4.79 Å². The summed E-state index contributed by atoms with van der Waals surface area (Å²) in [6.07, 6.45) is 0. The average molecular weight is 249 g/mol. The minimum atomic E-state index is -0.384. The van der Waals surface area contributed by atoms with Crippen LogP contribution in [0.3, 0.4) is 0 Å². The lowest BCUT2D eigenvalue weighted by molar-refractivity contribution is 0.102. The van der Waals surface area contributed by atoms with Crippen LogP contribution in [0.1, 0.15) is 10.5 Å². The largest absolute Gasteiger partial charge is 0.382 e. The molecule has 17 heavy (non-hydrogen) atoms. The van der Waals surface area contributed by atoms with Crippen LogP contribution in [-0.2, 0) is 0 Å². The molecule has 0 aliphatic rings. The highest BCUT2D eigenvalue weighted by Gasteiger charge is 2.09.